The van der Waals surface area contributed by atoms with Gasteiger partial charge in [-0.25, -0.2) is 0 Å². The molecule has 0 spiro atoms. The van der Waals surface area contributed by atoms with E-state index in [-0.39, 0.29) is 12.5 Å². The third-order valence-electron chi connectivity index (χ3n) is 4.88. The Bertz CT molecular complexity index is 802. The first-order valence-corrected chi connectivity index (χ1v) is 9.84. The molecule has 6 nitrogen and oxygen atoms in total. The molecular formula is C23H28N2O4. The van der Waals surface area contributed by atoms with Gasteiger partial charge in [-0.1, -0.05) is 36.4 Å². The maximum absolute atomic E-state index is 12.5. The van der Waals surface area contributed by atoms with Crippen LogP contribution in [0.4, 0.5) is 0 Å². The van der Waals surface area contributed by atoms with Crippen molar-refractivity contribution in [2.45, 2.75) is 6.10 Å². The average molecular weight is 396 g/mol. The van der Waals surface area contributed by atoms with Crippen LogP contribution in [0.5, 0.6) is 11.5 Å². The summed E-state index contributed by atoms with van der Waals surface area (Å²) < 4.78 is 10.9. The van der Waals surface area contributed by atoms with Gasteiger partial charge in [0.25, 0.3) is 0 Å². The van der Waals surface area contributed by atoms with Gasteiger partial charge in [0.2, 0.25) is 5.91 Å². The van der Waals surface area contributed by atoms with Crippen molar-refractivity contribution in [3.8, 4) is 11.5 Å². The molecule has 1 aliphatic heterocycles. The summed E-state index contributed by atoms with van der Waals surface area (Å²) in [7, 11) is 1.62. The second kappa shape index (κ2) is 10.6. The summed E-state index contributed by atoms with van der Waals surface area (Å²) in [6.07, 6.45) is 2.82. The van der Waals surface area contributed by atoms with E-state index in [2.05, 4.69) is 4.90 Å². The van der Waals surface area contributed by atoms with E-state index in [1.54, 1.807) is 19.3 Å². The zero-order valence-electron chi connectivity index (χ0n) is 16.7. The van der Waals surface area contributed by atoms with Crippen LogP contribution in [0.1, 0.15) is 5.56 Å². The van der Waals surface area contributed by atoms with Gasteiger partial charge >= 0.3 is 0 Å². The van der Waals surface area contributed by atoms with Gasteiger partial charge in [-0.2, -0.15) is 0 Å². The van der Waals surface area contributed by atoms with Gasteiger partial charge in [0.05, 0.1) is 7.11 Å². The predicted octanol–water partition coefficient (Wildman–Crippen LogP) is 2.29. The molecular weight excluding hydrogens is 368 g/mol. The highest BCUT2D eigenvalue weighted by molar-refractivity contribution is 5.92. The lowest BCUT2D eigenvalue weighted by Crippen LogP contribution is -2.50. The number of para-hydroxylation sites is 2. The van der Waals surface area contributed by atoms with E-state index in [4.69, 9.17) is 9.47 Å². The van der Waals surface area contributed by atoms with Crippen molar-refractivity contribution >= 4 is 12.0 Å². The monoisotopic (exact) mass is 396 g/mol. The summed E-state index contributed by atoms with van der Waals surface area (Å²) in [5, 5.41) is 10.2. The third kappa shape index (κ3) is 6.34. The second-order valence-electron chi connectivity index (χ2n) is 6.98. The van der Waals surface area contributed by atoms with Crippen LogP contribution in [0.2, 0.25) is 0 Å². The number of hydrogen-bond donors (Lipinski definition) is 1. The molecule has 0 unspecified atom stereocenters. The third-order valence-corrected chi connectivity index (χ3v) is 4.88. The van der Waals surface area contributed by atoms with Crippen molar-refractivity contribution in [3.05, 3.63) is 66.2 Å². The van der Waals surface area contributed by atoms with E-state index >= 15 is 0 Å². The molecule has 3 rings (SSSR count). The number of rotatable bonds is 8. The maximum Gasteiger partial charge on any atom is 0.246 e. The molecule has 1 heterocycles. The normalized spacial score (nSPS) is 16.0. The van der Waals surface area contributed by atoms with Gasteiger partial charge in [-0.3, -0.25) is 9.69 Å². The van der Waals surface area contributed by atoms with Crippen LogP contribution >= 0.6 is 0 Å². The topological polar surface area (TPSA) is 62.2 Å². The van der Waals surface area contributed by atoms with Gasteiger partial charge < -0.3 is 19.5 Å². The van der Waals surface area contributed by atoms with Crippen LogP contribution in [-0.2, 0) is 4.79 Å². The van der Waals surface area contributed by atoms with E-state index < -0.39 is 6.10 Å². The Kier molecular flexibility index (Phi) is 7.67. The Balaban J connectivity index is 1.41. The number of carbonyl (C=O) groups is 1. The smallest absolute Gasteiger partial charge is 0.246 e. The van der Waals surface area contributed by atoms with Crippen molar-refractivity contribution < 1.29 is 19.4 Å². The van der Waals surface area contributed by atoms with E-state index in [1.165, 1.54) is 0 Å². The van der Waals surface area contributed by atoms with E-state index in [0.29, 0.717) is 19.6 Å². The maximum atomic E-state index is 12.5. The minimum Gasteiger partial charge on any atom is -0.496 e. The largest absolute Gasteiger partial charge is 0.496 e. The molecule has 1 aliphatic rings. The van der Waals surface area contributed by atoms with Crippen molar-refractivity contribution in [3.63, 3.8) is 0 Å². The van der Waals surface area contributed by atoms with Gasteiger partial charge in [-0.05, 0) is 24.3 Å². The van der Waals surface area contributed by atoms with Gasteiger partial charge in [0, 0.05) is 44.4 Å². The van der Waals surface area contributed by atoms with Crippen LogP contribution in [0.25, 0.3) is 6.08 Å². The highest BCUT2D eigenvalue weighted by Crippen LogP contribution is 2.19. The fourth-order valence-electron chi connectivity index (χ4n) is 3.28. The Morgan fingerprint density at radius 2 is 1.76 bits per heavy atom. The molecule has 1 amide bonds. The summed E-state index contributed by atoms with van der Waals surface area (Å²) in [5.74, 6) is 1.49. The molecule has 0 radical (unpaired) electrons. The van der Waals surface area contributed by atoms with E-state index in [9.17, 15) is 9.90 Å². The van der Waals surface area contributed by atoms with E-state index in [1.807, 2.05) is 59.5 Å². The van der Waals surface area contributed by atoms with Crippen LogP contribution in [0.3, 0.4) is 0 Å². The second-order valence-corrected chi connectivity index (χ2v) is 6.98. The molecule has 6 heteroatoms. The highest BCUT2D eigenvalue weighted by atomic mass is 16.5. The van der Waals surface area contributed by atoms with Crippen LogP contribution in [0, 0.1) is 0 Å². The molecule has 0 aliphatic carbocycles. The molecule has 29 heavy (non-hydrogen) atoms. The summed E-state index contributed by atoms with van der Waals surface area (Å²) in [4.78, 5) is 16.5. The van der Waals surface area contributed by atoms with Crippen LogP contribution in [0.15, 0.2) is 60.7 Å². The zero-order chi connectivity index (χ0) is 20.5. The fourth-order valence-corrected chi connectivity index (χ4v) is 3.28. The molecule has 0 saturated carbocycles. The lowest BCUT2D eigenvalue weighted by atomic mass is 10.2. The number of hydrogen-bond acceptors (Lipinski definition) is 5. The van der Waals surface area contributed by atoms with Gasteiger partial charge in [0.1, 0.15) is 24.2 Å². The van der Waals surface area contributed by atoms with Crippen molar-refractivity contribution in [2.24, 2.45) is 0 Å². The Morgan fingerprint density at radius 3 is 2.48 bits per heavy atom. The number of carbonyl (C=O) groups excluding carboxylic acids is 1. The summed E-state index contributed by atoms with van der Waals surface area (Å²) in [5.41, 5.74) is 0.878. The number of amides is 1. The van der Waals surface area contributed by atoms with Gasteiger partial charge in [-0.15, -0.1) is 0 Å². The van der Waals surface area contributed by atoms with Crippen LogP contribution < -0.4 is 9.47 Å². The number of β-amino-alcohol motifs (C(OH)–C–C–N with tert-alkyl or cyclic N) is 1. The van der Waals surface area contributed by atoms with Crippen molar-refractivity contribution in [1.29, 1.82) is 0 Å². The number of methoxy groups -OCH3 is 1. The lowest BCUT2D eigenvalue weighted by molar-refractivity contribution is -0.127. The molecule has 1 atom stereocenters. The first-order valence-electron chi connectivity index (χ1n) is 9.84. The summed E-state index contributed by atoms with van der Waals surface area (Å²) in [6.45, 7) is 3.53. The molecule has 2 aromatic carbocycles. The fraction of sp³-hybridized carbons (Fsp3) is 0.348. The number of nitrogens with zero attached hydrogens (tertiary/aromatic N) is 2. The first kappa shape index (κ1) is 20.9. The molecule has 1 fully saturated rings. The molecule has 0 aromatic heterocycles. The quantitative estimate of drug-likeness (QED) is 0.694. The number of piperazine rings is 1. The highest BCUT2D eigenvalue weighted by Gasteiger charge is 2.21. The Morgan fingerprint density at radius 1 is 1.07 bits per heavy atom. The zero-order valence-corrected chi connectivity index (χ0v) is 16.7. The first-order chi connectivity index (χ1) is 14.2. The molecule has 154 valence electrons. The minimum absolute atomic E-state index is 0.0106. The van der Waals surface area contributed by atoms with Crippen molar-refractivity contribution in [2.75, 3.05) is 46.4 Å². The SMILES string of the molecule is COc1ccccc1/C=C\C(=O)N1CCN(C[C@H](O)COc2ccccc2)CC1. The average Bonchev–Trinajstić information content (AvgIpc) is 2.77. The van der Waals surface area contributed by atoms with Gasteiger partial charge in [0.15, 0.2) is 0 Å². The molecule has 1 saturated heterocycles. The lowest BCUT2D eigenvalue weighted by Gasteiger charge is -2.35. The number of aliphatic hydroxyl groups excluding tert-OH is 1. The molecule has 2 aromatic rings. The minimum atomic E-state index is -0.567. The molecule has 0 bridgehead atoms. The Hall–Kier alpha value is -2.83. The predicted molar refractivity (Wildman–Crippen MR) is 113 cm³/mol. The number of ether oxygens (including phenoxy) is 2. The van der Waals surface area contributed by atoms with Crippen LogP contribution in [-0.4, -0.2) is 73.4 Å². The number of benzene rings is 2. The summed E-state index contributed by atoms with van der Waals surface area (Å²) >= 11 is 0. The van der Waals surface area contributed by atoms with Crippen molar-refractivity contribution in [1.82, 2.24) is 9.80 Å². The Labute approximate surface area is 172 Å². The van der Waals surface area contributed by atoms with E-state index in [0.717, 1.165) is 30.2 Å². The number of aliphatic hydroxyl groups is 1. The summed E-state index contributed by atoms with van der Waals surface area (Å²) in [6, 6.07) is 17.1. The molecule has 1 N–H and O–H groups in total. The standard InChI is InChI=1S/C23H28N2O4/c1-28-22-10-6-5-7-19(22)11-12-23(27)25-15-13-24(14-16-25)17-20(26)18-29-21-8-3-2-4-9-21/h2-12,20,26H,13-18H2,1H3/b12-11-/t20-/m0/s1.